The Morgan fingerprint density at radius 3 is 2.65 bits per heavy atom. The van der Waals surface area contributed by atoms with Gasteiger partial charge in [0.1, 0.15) is 11.0 Å². The Labute approximate surface area is 141 Å². The van der Waals surface area contributed by atoms with Gasteiger partial charge in [0.15, 0.2) is 0 Å². The summed E-state index contributed by atoms with van der Waals surface area (Å²) in [4.78, 5) is 9.31. The van der Waals surface area contributed by atoms with E-state index < -0.39 is 0 Å². The number of aromatic nitrogens is 2. The molecule has 1 atom stereocenters. The van der Waals surface area contributed by atoms with Crippen molar-refractivity contribution in [3.8, 4) is 11.3 Å². The maximum Gasteiger partial charge on any atom is 0.146 e. The molecule has 1 fully saturated rings. The summed E-state index contributed by atoms with van der Waals surface area (Å²) in [7, 11) is 0. The predicted molar refractivity (Wildman–Crippen MR) is 94.2 cm³/mol. The summed E-state index contributed by atoms with van der Waals surface area (Å²) in [5.41, 5.74) is 2.05. The summed E-state index contributed by atoms with van der Waals surface area (Å²) in [5, 5.41) is 0.960. The van der Waals surface area contributed by atoms with E-state index in [1.54, 1.807) is 0 Å². The highest BCUT2D eigenvalue weighted by molar-refractivity contribution is 14.1. The number of rotatable bonds is 2. The topological polar surface area (TPSA) is 25.8 Å². The van der Waals surface area contributed by atoms with Crippen LogP contribution in [0.5, 0.6) is 0 Å². The van der Waals surface area contributed by atoms with E-state index in [-0.39, 0.29) is 0 Å². The molecule has 1 aliphatic heterocycles. The zero-order valence-corrected chi connectivity index (χ0v) is 14.6. The van der Waals surface area contributed by atoms with Crippen LogP contribution in [-0.2, 0) is 0 Å². The normalized spacial score (nSPS) is 19.0. The fraction of sp³-hybridized carbons (Fsp3) is 0.333. The molecule has 104 valence electrons. The van der Waals surface area contributed by atoms with Gasteiger partial charge in [-0.2, -0.15) is 11.8 Å². The molecule has 3 rings (SSSR count). The summed E-state index contributed by atoms with van der Waals surface area (Å²) in [6, 6.07) is 10.2. The van der Waals surface area contributed by atoms with Crippen molar-refractivity contribution in [1.29, 1.82) is 0 Å². The van der Waals surface area contributed by atoms with Crippen molar-refractivity contribution in [2.75, 3.05) is 5.75 Å². The largest absolute Gasteiger partial charge is 0.230 e. The Morgan fingerprint density at radius 2 is 1.95 bits per heavy atom. The first-order valence-corrected chi connectivity index (χ1v) is 9.16. The van der Waals surface area contributed by atoms with E-state index in [1.807, 2.05) is 30.0 Å². The minimum absolute atomic E-state index is 0.390. The molecule has 2 nitrogen and oxygen atoms in total. The summed E-state index contributed by atoms with van der Waals surface area (Å²) in [6.45, 7) is 0. The lowest BCUT2D eigenvalue weighted by Gasteiger charge is -2.21. The predicted octanol–water partition coefficient (Wildman–Crippen LogP) is 5.36. The molecule has 0 amide bonds. The Bertz CT molecular complexity index is 600. The lowest BCUT2D eigenvalue weighted by Crippen LogP contribution is -2.08. The lowest BCUT2D eigenvalue weighted by molar-refractivity contribution is 0.662. The second-order valence-corrected chi connectivity index (χ2v) is 7.50. The highest BCUT2D eigenvalue weighted by Gasteiger charge is 2.22. The van der Waals surface area contributed by atoms with Gasteiger partial charge in [0.2, 0.25) is 0 Å². The monoisotopic (exact) mass is 416 g/mol. The fourth-order valence-corrected chi connectivity index (χ4v) is 4.28. The van der Waals surface area contributed by atoms with Crippen LogP contribution < -0.4 is 0 Å². The van der Waals surface area contributed by atoms with Crippen molar-refractivity contribution < 1.29 is 0 Å². The van der Waals surface area contributed by atoms with Crippen LogP contribution in [0.2, 0.25) is 5.15 Å². The Balaban J connectivity index is 2.03. The summed E-state index contributed by atoms with van der Waals surface area (Å²) in [6.07, 6.45) is 3.70. The molecule has 1 aliphatic rings. The first-order valence-electron chi connectivity index (χ1n) is 6.65. The van der Waals surface area contributed by atoms with E-state index in [0.29, 0.717) is 10.4 Å². The van der Waals surface area contributed by atoms with Crippen molar-refractivity contribution in [3.63, 3.8) is 0 Å². The Kier molecular flexibility index (Phi) is 4.83. The smallest absolute Gasteiger partial charge is 0.146 e. The minimum Gasteiger partial charge on any atom is -0.230 e. The summed E-state index contributed by atoms with van der Waals surface area (Å²) in [5.74, 6) is 2.08. The van der Waals surface area contributed by atoms with Crippen LogP contribution >= 0.6 is 46.0 Å². The van der Waals surface area contributed by atoms with Gasteiger partial charge in [-0.05, 0) is 41.2 Å². The molecular formula is C15H14ClIN2S. The minimum atomic E-state index is 0.390. The van der Waals surface area contributed by atoms with Gasteiger partial charge >= 0.3 is 0 Å². The first kappa shape index (κ1) is 14.6. The van der Waals surface area contributed by atoms with Gasteiger partial charge in [-0.25, -0.2) is 9.97 Å². The number of thioether (sulfide) groups is 1. The molecule has 1 unspecified atom stereocenters. The molecular weight excluding hydrogens is 403 g/mol. The number of halogens is 2. The van der Waals surface area contributed by atoms with E-state index in [9.17, 15) is 0 Å². The quantitative estimate of drug-likeness (QED) is 0.487. The highest BCUT2D eigenvalue weighted by atomic mass is 127. The maximum absolute atomic E-state index is 6.32. The Hall–Kier alpha value is -0.330. The third kappa shape index (κ3) is 3.12. The van der Waals surface area contributed by atoms with Crippen molar-refractivity contribution in [3.05, 3.63) is 44.9 Å². The molecule has 5 heteroatoms. The molecule has 0 N–H and O–H groups in total. The van der Waals surface area contributed by atoms with Gasteiger partial charge in [0, 0.05) is 5.56 Å². The first-order chi connectivity index (χ1) is 9.75. The second kappa shape index (κ2) is 6.62. The third-order valence-corrected chi connectivity index (χ3v) is 6.33. The van der Waals surface area contributed by atoms with Crippen molar-refractivity contribution in [2.45, 2.75) is 24.5 Å². The zero-order valence-electron chi connectivity index (χ0n) is 10.9. The number of benzene rings is 1. The van der Waals surface area contributed by atoms with E-state index in [1.165, 1.54) is 18.6 Å². The summed E-state index contributed by atoms with van der Waals surface area (Å²) < 4.78 is 0.931. The average Bonchev–Trinajstić information content (AvgIpc) is 2.51. The number of hydrogen-bond donors (Lipinski definition) is 0. The van der Waals surface area contributed by atoms with Crippen molar-refractivity contribution in [1.82, 2.24) is 9.97 Å². The van der Waals surface area contributed by atoms with Crippen LogP contribution in [0.3, 0.4) is 0 Å². The highest BCUT2D eigenvalue weighted by Crippen LogP contribution is 2.38. The molecule has 0 spiro atoms. The standard InChI is InChI=1S/C15H14ClIN2S/c16-14-12(17)13(10-6-2-1-3-7-10)18-15(19-14)11-8-4-5-9-20-11/h1-3,6-7,11H,4-5,8-9H2. The van der Waals surface area contributed by atoms with Gasteiger partial charge in [-0.15, -0.1) is 0 Å². The van der Waals surface area contributed by atoms with Gasteiger partial charge in [-0.3, -0.25) is 0 Å². The van der Waals surface area contributed by atoms with E-state index in [2.05, 4.69) is 39.7 Å². The fourth-order valence-electron chi connectivity index (χ4n) is 2.31. The third-order valence-electron chi connectivity index (χ3n) is 3.34. The van der Waals surface area contributed by atoms with Crippen LogP contribution in [-0.4, -0.2) is 15.7 Å². The van der Waals surface area contributed by atoms with Crippen LogP contribution in [0, 0.1) is 3.57 Å². The van der Waals surface area contributed by atoms with Crippen LogP contribution in [0.4, 0.5) is 0 Å². The van der Waals surface area contributed by atoms with Crippen LogP contribution in [0.25, 0.3) is 11.3 Å². The number of hydrogen-bond acceptors (Lipinski definition) is 3. The van der Waals surface area contributed by atoms with E-state index in [4.69, 9.17) is 16.6 Å². The van der Waals surface area contributed by atoms with Crippen LogP contribution in [0.1, 0.15) is 30.3 Å². The van der Waals surface area contributed by atoms with Gasteiger partial charge in [-0.1, -0.05) is 48.4 Å². The zero-order chi connectivity index (χ0) is 13.9. The SMILES string of the molecule is Clc1nc(C2CCCCS2)nc(-c2ccccc2)c1I. The number of nitrogens with zero attached hydrogens (tertiary/aromatic N) is 2. The van der Waals surface area contributed by atoms with Crippen LogP contribution in [0.15, 0.2) is 30.3 Å². The molecule has 1 aromatic heterocycles. The molecule has 1 aromatic carbocycles. The molecule has 2 aromatic rings. The molecule has 0 aliphatic carbocycles. The molecule has 1 saturated heterocycles. The molecule has 0 radical (unpaired) electrons. The van der Waals surface area contributed by atoms with E-state index >= 15 is 0 Å². The van der Waals surface area contributed by atoms with Gasteiger partial charge < -0.3 is 0 Å². The molecule has 0 saturated carbocycles. The lowest BCUT2D eigenvalue weighted by atomic mass is 10.1. The molecule has 2 heterocycles. The average molecular weight is 417 g/mol. The Morgan fingerprint density at radius 1 is 1.15 bits per heavy atom. The second-order valence-electron chi connectivity index (χ2n) is 4.76. The maximum atomic E-state index is 6.32. The van der Waals surface area contributed by atoms with Gasteiger partial charge in [0.05, 0.1) is 14.5 Å². The molecule has 0 bridgehead atoms. The van der Waals surface area contributed by atoms with E-state index in [0.717, 1.165) is 27.1 Å². The van der Waals surface area contributed by atoms with Crippen molar-refractivity contribution >= 4 is 46.0 Å². The van der Waals surface area contributed by atoms with Crippen molar-refractivity contribution in [2.24, 2.45) is 0 Å². The van der Waals surface area contributed by atoms with Gasteiger partial charge in [0.25, 0.3) is 0 Å². The molecule has 20 heavy (non-hydrogen) atoms. The summed E-state index contributed by atoms with van der Waals surface area (Å²) >= 11 is 10.5.